The maximum absolute atomic E-state index is 2.48. The van der Waals surface area contributed by atoms with E-state index >= 15 is 0 Å². The highest BCUT2D eigenvalue weighted by Gasteiger charge is 2.39. The van der Waals surface area contributed by atoms with Crippen LogP contribution in [0.1, 0.15) is 63.3 Å². The molecule has 0 aromatic heterocycles. The van der Waals surface area contributed by atoms with Gasteiger partial charge in [0.2, 0.25) is 0 Å². The number of fused-ring (bicyclic) bond motifs is 10. The number of rotatable bonds is 4. The van der Waals surface area contributed by atoms with Gasteiger partial charge in [0.25, 0.3) is 0 Å². The summed E-state index contributed by atoms with van der Waals surface area (Å²) < 4.78 is 0. The summed E-state index contributed by atoms with van der Waals surface area (Å²) in [6, 6.07) is 57.3. The predicted molar refractivity (Wildman–Crippen MR) is 240 cm³/mol. The van der Waals surface area contributed by atoms with Gasteiger partial charge in [-0.15, -0.1) is 0 Å². The van der Waals surface area contributed by atoms with Crippen molar-refractivity contribution in [2.24, 2.45) is 5.92 Å². The molecule has 1 unspecified atom stereocenters. The first-order valence-electron chi connectivity index (χ1n) is 20.2. The molecule has 11 rings (SSSR count). The summed E-state index contributed by atoms with van der Waals surface area (Å²) in [5.41, 5.74) is 17.2. The number of hydrogen-bond donors (Lipinski definition) is 0. The van der Waals surface area contributed by atoms with E-state index in [-0.39, 0.29) is 10.8 Å². The quantitative estimate of drug-likeness (QED) is 0.164. The van der Waals surface area contributed by atoms with Crippen molar-refractivity contribution in [3.8, 4) is 22.3 Å². The predicted octanol–water partition coefficient (Wildman–Crippen LogP) is 15.2. The molecular weight excluding hydrogens is 675 g/mol. The Bertz CT molecular complexity index is 3010. The first kappa shape index (κ1) is 33.2. The van der Waals surface area contributed by atoms with Gasteiger partial charge in [-0.25, -0.2) is 0 Å². The van der Waals surface area contributed by atoms with E-state index in [0.717, 1.165) is 12.1 Å². The molecule has 0 amide bonds. The van der Waals surface area contributed by atoms with Crippen LogP contribution in [0.3, 0.4) is 0 Å². The van der Waals surface area contributed by atoms with Crippen molar-refractivity contribution < 1.29 is 0 Å². The van der Waals surface area contributed by atoms with Crippen molar-refractivity contribution in [3.63, 3.8) is 0 Å². The molecule has 0 aliphatic heterocycles. The Labute approximate surface area is 330 Å². The SMILES string of the molecule is CC1C=CC2=C(C1)c1cc(N(c3ccc(-c4ccc5ccc6c7ccccc7ccc6c5c4)cc3)c3ccc4c(c3)-c3ccccc3C4(C)C)ccc1C2(C)C. The van der Waals surface area contributed by atoms with Crippen molar-refractivity contribution in [2.45, 2.75) is 51.9 Å². The zero-order chi connectivity index (χ0) is 37.9. The molecule has 0 radical (unpaired) electrons. The van der Waals surface area contributed by atoms with Crippen LogP contribution in [0.15, 0.2) is 169 Å². The largest absolute Gasteiger partial charge is 0.310 e. The zero-order valence-electron chi connectivity index (χ0n) is 32.8. The Morgan fingerprint density at radius 1 is 0.464 bits per heavy atom. The summed E-state index contributed by atoms with van der Waals surface area (Å²) >= 11 is 0. The molecule has 0 heterocycles. The Morgan fingerprint density at radius 3 is 1.84 bits per heavy atom. The van der Waals surface area contributed by atoms with Gasteiger partial charge in [0.05, 0.1) is 0 Å². The van der Waals surface area contributed by atoms with E-state index in [1.54, 1.807) is 0 Å². The smallest absolute Gasteiger partial charge is 0.0468 e. The van der Waals surface area contributed by atoms with Crippen LogP contribution in [0.5, 0.6) is 0 Å². The third-order valence-corrected chi connectivity index (χ3v) is 13.4. The summed E-state index contributed by atoms with van der Waals surface area (Å²) in [7, 11) is 0. The van der Waals surface area contributed by atoms with Gasteiger partial charge in [0, 0.05) is 27.9 Å². The minimum absolute atomic E-state index is 0.00649. The second-order valence-corrected chi connectivity index (χ2v) is 17.5. The van der Waals surface area contributed by atoms with Crippen molar-refractivity contribution in [1.29, 1.82) is 0 Å². The minimum atomic E-state index is -0.0393. The van der Waals surface area contributed by atoms with Crippen LogP contribution in [-0.4, -0.2) is 0 Å². The van der Waals surface area contributed by atoms with Gasteiger partial charge in [0.15, 0.2) is 0 Å². The zero-order valence-corrected chi connectivity index (χ0v) is 32.8. The highest BCUT2D eigenvalue weighted by molar-refractivity contribution is 6.17. The highest BCUT2D eigenvalue weighted by Crippen LogP contribution is 2.54. The van der Waals surface area contributed by atoms with Crippen molar-refractivity contribution >= 4 is 55.0 Å². The van der Waals surface area contributed by atoms with Gasteiger partial charge in [-0.1, -0.05) is 156 Å². The highest BCUT2D eigenvalue weighted by atomic mass is 15.1. The van der Waals surface area contributed by atoms with Crippen LogP contribution in [0.2, 0.25) is 0 Å². The Kier molecular flexibility index (Phi) is 7.06. The number of anilines is 3. The molecule has 0 saturated heterocycles. The fraction of sp³-hybridized carbons (Fsp3) is 0.164. The molecule has 3 aliphatic rings. The molecule has 0 saturated carbocycles. The first-order valence-corrected chi connectivity index (χ1v) is 20.2. The average molecular weight is 720 g/mol. The molecule has 1 atom stereocenters. The topological polar surface area (TPSA) is 3.24 Å². The van der Waals surface area contributed by atoms with E-state index in [2.05, 4.69) is 203 Å². The van der Waals surface area contributed by atoms with Crippen molar-refractivity contribution in [2.75, 3.05) is 4.90 Å². The Balaban J connectivity index is 1.05. The van der Waals surface area contributed by atoms with Gasteiger partial charge < -0.3 is 4.90 Å². The minimum Gasteiger partial charge on any atom is -0.310 e. The molecule has 0 spiro atoms. The third kappa shape index (κ3) is 4.80. The molecule has 3 aliphatic carbocycles. The Hall–Kier alpha value is -6.18. The van der Waals surface area contributed by atoms with E-state index < -0.39 is 0 Å². The summed E-state index contributed by atoms with van der Waals surface area (Å²) in [4.78, 5) is 2.48. The van der Waals surface area contributed by atoms with Crippen LogP contribution < -0.4 is 4.90 Å². The van der Waals surface area contributed by atoms with E-state index in [1.165, 1.54) is 99.3 Å². The second kappa shape index (κ2) is 11.9. The molecule has 270 valence electrons. The summed E-state index contributed by atoms with van der Waals surface area (Å²) in [5.74, 6) is 0.537. The average Bonchev–Trinajstić information content (AvgIpc) is 3.59. The normalized spacial score (nSPS) is 17.3. The molecule has 0 N–H and O–H groups in total. The molecule has 8 aromatic carbocycles. The molecular formula is C55H45N. The van der Waals surface area contributed by atoms with E-state index in [9.17, 15) is 0 Å². The maximum Gasteiger partial charge on any atom is 0.0468 e. The molecule has 0 bridgehead atoms. The van der Waals surface area contributed by atoms with Crippen LogP contribution >= 0.6 is 0 Å². The van der Waals surface area contributed by atoms with E-state index in [1.807, 2.05) is 0 Å². The lowest BCUT2D eigenvalue weighted by atomic mass is 9.79. The van der Waals surface area contributed by atoms with Crippen LogP contribution in [0.25, 0.3) is 60.1 Å². The lowest BCUT2D eigenvalue weighted by Crippen LogP contribution is -2.17. The molecule has 1 heteroatoms. The molecule has 1 nitrogen and oxygen atoms in total. The molecule has 8 aromatic rings. The van der Waals surface area contributed by atoms with E-state index in [0.29, 0.717) is 5.92 Å². The van der Waals surface area contributed by atoms with Gasteiger partial charge in [0.1, 0.15) is 0 Å². The van der Waals surface area contributed by atoms with Gasteiger partial charge >= 0.3 is 0 Å². The second-order valence-electron chi connectivity index (χ2n) is 17.5. The van der Waals surface area contributed by atoms with Crippen LogP contribution in [0, 0.1) is 5.92 Å². The Morgan fingerprint density at radius 2 is 1.05 bits per heavy atom. The van der Waals surface area contributed by atoms with Gasteiger partial charge in [-0.2, -0.15) is 0 Å². The van der Waals surface area contributed by atoms with Crippen LogP contribution in [0.4, 0.5) is 17.1 Å². The number of allylic oxidation sites excluding steroid dienone is 4. The van der Waals surface area contributed by atoms with Gasteiger partial charge in [-0.3, -0.25) is 0 Å². The first-order chi connectivity index (χ1) is 27.2. The lowest BCUT2D eigenvalue weighted by Gasteiger charge is -2.29. The fourth-order valence-corrected chi connectivity index (χ4v) is 10.4. The number of nitrogens with zero attached hydrogens (tertiary/aromatic N) is 1. The third-order valence-electron chi connectivity index (χ3n) is 13.4. The van der Waals surface area contributed by atoms with Gasteiger partial charge in [-0.05, 0) is 143 Å². The monoisotopic (exact) mass is 719 g/mol. The maximum atomic E-state index is 2.48. The summed E-state index contributed by atoms with van der Waals surface area (Å²) in [6.07, 6.45) is 5.88. The van der Waals surface area contributed by atoms with E-state index in [4.69, 9.17) is 0 Å². The standard InChI is InChI=1S/C55H45N/c1-34-14-27-51-47(30-34)49-33-41(24-29-53(49)55(51,4)5)56(40-23-28-52-48(32-40)45-12-8-9-13-50(45)54(52,2)3)39-21-17-35(18-22-39)38-16-15-37-20-25-43-42-11-7-6-10-36(42)19-26-44(43)46(37)31-38/h6-29,31-34H,30H2,1-5H3. The lowest BCUT2D eigenvalue weighted by molar-refractivity contribution is 0.643. The van der Waals surface area contributed by atoms with Crippen molar-refractivity contribution in [3.05, 3.63) is 192 Å². The number of hydrogen-bond acceptors (Lipinski definition) is 1. The summed E-state index contributed by atoms with van der Waals surface area (Å²) in [5, 5.41) is 7.74. The summed E-state index contributed by atoms with van der Waals surface area (Å²) in [6.45, 7) is 11.8. The fourth-order valence-electron chi connectivity index (χ4n) is 10.4. The molecule has 56 heavy (non-hydrogen) atoms. The number of benzene rings is 8. The van der Waals surface area contributed by atoms with Crippen molar-refractivity contribution in [1.82, 2.24) is 0 Å². The van der Waals surface area contributed by atoms with Crippen LogP contribution in [-0.2, 0) is 10.8 Å². The molecule has 0 fully saturated rings.